The van der Waals surface area contributed by atoms with E-state index < -0.39 is 0 Å². The van der Waals surface area contributed by atoms with Crippen LogP contribution in [-0.2, 0) is 11.2 Å². The molecular formula is C24H24ClFN4O. The molecule has 2 heterocycles. The van der Waals surface area contributed by atoms with Crippen molar-refractivity contribution < 1.29 is 9.18 Å². The number of carbonyl (C=O) groups excluding carboxylic acids is 1. The maximum Gasteiger partial charge on any atom is 0.223 e. The molecule has 0 bridgehead atoms. The van der Waals surface area contributed by atoms with Gasteiger partial charge in [0.25, 0.3) is 0 Å². The van der Waals surface area contributed by atoms with Crippen molar-refractivity contribution in [3.05, 3.63) is 76.8 Å². The molecule has 1 aliphatic heterocycles. The number of carbonyl (C=O) groups is 1. The number of amides is 1. The van der Waals surface area contributed by atoms with Gasteiger partial charge in [0.15, 0.2) is 0 Å². The number of aromatic nitrogens is 2. The first kappa shape index (κ1) is 21.2. The molecular weight excluding hydrogens is 415 g/mol. The van der Waals surface area contributed by atoms with Crippen LogP contribution in [0.15, 0.2) is 54.7 Å². The van der Waals surface area contributed by atoms with Crippen molar-refractivity contribution in [3.63, 3.8) is 0 Å². The van der Waals surface area contributed by atoms with Crippen molar-refractivity contribution in [2.75, 3.05) is 12.3 Å². The molecule has 0 saturated carbocycles. The van der Waals surface area contributed by atoms with E-state index in [2.05, 4.69) is 9.97 Å². The molecule has 0 aliphatic carbocycles. The third-order valence-corrected chi connectivity index (χ3v) is 5.92. The predicted octanol–water partition coefficient (Wildman–Crippen LogP) is 5.20. The first-order chi connectivity index (χ1) is 15.0. The summed E-state index contributed by atoms with van der Waals surface area (Å²) in [5, 5.41) is 0.650. The standard InChI is InChI=1S/C24H24ClFN4O/c25-18-9-7-17(8-10-18)20-15-28-24(27)29-23(20)21-3-1-2-14-30(21)22(31)13-6-16-4-11-19(26)12-5-16/h4-5,7-12,15,21H,1-3,6,13-14H2,(H2,27,28,29)/t21-/m0/s1. The lowest BCUT2D eigenvalue weighted by atomic mass is 9.93. The average molecular weight is 439 g/mol. The Kier molecular flexibility index (Phi) is 6.47. The Bertz CT molecular complexity index is 1060. The topological polar surface area (TPSA) is 72.1 Å². The Balaban J connectivity index is 1.59. The fourth-order valence-electron chi connectivity index (χ4n) is 4.08. The van der Waals surface area contributed by atoms with Gasteiger partial charge in [-0.15, -0.1) is 0 Å². The van der Waals surface area contributed by atoms with Crippen molar-refractivity contribution in [1.82, 2.24) is 14.9 Å². The van der Waals surface area contributed by atoms with Gasteiger partial charge in [0.2, 0.25) is 11.9 Å². The zero-order valence-electron chi connectivity index (χ0n) is 17.1. The Hall–Kier alpha value is -2.99. The second kappa shape index (κ2) is 9.43. The SMILES string of the molecule is Nc1ncc(-c2ccc(Cl)cc2)c([C@@H]2CCCCN2C(=O)CCc2ccc(F)cc2)n1. The van der Waals surface area contributed by atoms with Gasteiger partial charge in [0, 0.05) is 29.7 Å². The molecule has 1 aromatic heterocycles. The van der Waals surface area contributed by atoms with Gasteiger partial charge in [0.05, 0.1) is 11.7 Å². The molecule has 1 saturated heterocycles. The maximum atomic E-state index is 13.2. The van der Waals surface area contributed by atoms with Crippen molar-refractivity contribution >= 4 is 23.5 Å². The van der Waals surface area contributed by atoms with Gasteiger partial charge in [-0.25, -0.2) is 14.4 Å². The molecule has 4 rings (SSSR count). The molecule has 160 valence electrons. The molecule has 0 spiro atoms. The third kappa shape index (κ3) is 5.02. The predicted molar refractivity (Wildman–Crippen MR) is 120 cm³/mol. The second-order valence-corrected chi connectivity index (χ2v) is 8.20. The highest BCUT2D eigenvalue weighted by atomic mass is 35.5. The summed E-state index contributed by atoms with van der Waals surface area (Å²) in [6.45, 7) is 0.677. The fraction of sp³-hybridized carbons (Fsp3) is 0.292. The van der Waals surface area contributed by atoms with Crippen LogP contribution in [0.4, 0.5) is 10.3 Å². The summed E-state index contributed by atoms with van der Waals surface area (Å²) in [5.74, 6) is -0.0208. The summed E-state index contributed by atoms with van der Waals surface area (Å²) in [6.07, 6.45) is 5.43. The largest absolute Gasteiger partial charge is 0.368 e. The van der Waals surface area contributed by atoms with E-state index in [9.17, 15) is 9.18 Å². The zero-order valence-corrected chi connectivity index (χ0v) is 17.9. The number of hydrogen-bond acceptors (Lipinski definition) is 4. The van der Waals surface area contributed by atoms with Gasteiger partial charge in [-0.1, -0.05) is 35.9 Å². The van der Waals surface area contributed by atoms with Gasteiger partial charge in [-0.2, -0.15) is 0 Å². The number of nitrogens with two attached hydrogens (primary N) is 1. The number of benzene rings is 2. The fourth-order valence-corrected chi connectivity index (χ4v) is 4.20. The summed E-state index contributed by atoms with van der Waals surface area (Å²) in [6, 6.07) is 13.6. The van der Waals surface area contributed by atoms with Gasteiger partial charge >= 0.3 is 0 Å². The van der Waals surface area contributed by atoms with Crippen LogP contribution in [-0.4, -0.2) is 27.3 Å². The number of anilines is 1. The molecule has 0 radical (unpaired) electrons. The van der Waals surface area contributed by atoms with E-state index in [1.165, 1.54) is 12.1 Å². The minimum absolute atomic E-state index is 0.0632. The van der Waals surface area contributed by atoms with Crippen LogP contribution in [0.1, 0.15) is 43.0 Å². The average Bonchev–Trinajstić information content (AvgIpc) is 2.79. The number of nitrogens with zero attached hydrogens (tertiary/aromatic N) is 3. The van der Waals surface area contributed by atoms with E-state index in [-0.39, 0.29) is 23.7 Å². The third-order valence-electron chi connectivity index (χ3n) is 5.67. The highest BCUT2D eigenvalue weighted by Crippen LogP contribution is 2.36. The van der Waals surface area contributed by atoms with E-state index >= 15 is 0 Å². The molecule has 2 N–H and O–H groups in total. The van der Waals surface area contributed by atoms with Gasteiger partial charge in [-0.3, -0.25) is 4.79 Å². The van der Waals surface area contributed by atoms with Crippen LogP contribution >= 0.6 is 11.6 Å². The van der Waals surface area contributed by atoms with Gasteiger partial charge in [-0.05, 0) is 61.1 Å². The molecule has 7 heteroatoms. The summed E-state index contributed by atoms with van der Waals surface area (Å²) in [7, 11) is 0. The summed E-state index contributed by atoms with van der Waals surface area (Å²) >= 11 is 6.05. The van der Waals surface area contributed by atoms with E-state index in [0.29, 0.717) is 24.4 Å². The highest BCUT2D eigenvalue weighted by molar-refractivity contribution is 6.30. The Morgan fingerprint density at radius 2 is 1.87 bits per heavy atom. The molecule has 5 nitrogen and oxygen atoms in total. The van der Waals surface area contributed by atoms with E-state index in [1.54, 1.807) is 18.3 Å². The number of piperidine rings is 1. The lowest BCUT2D eigenvalue weighted by Gasteiger charge is -2.36. The quantitative estimate of drug-likeness (QED) is 0.593. The summed E-state index contributed by atoms with van der Waals surface area (Å²) < 4.78 is 13.1. The molecule has 1 amide bonds. The van der Waals surface area contributed by atoms with E-state index in [4.69, 9.17) is 17.3 Å². The summed E-state index contributed by atoms with van der Waals surface area (Å²) in [4.78, 5) is 23.8. The zero-order chi connectivity index (χ0) is 21.8. The first-order valence-corrected chi connectivity index (χ1v) is 10.8. The molecule has 31 heavy (non-hydrogen) atoms. The Morgan fingerprint density at radius 3 is 2.61 bits per heavy atom. The molecule has 1 fully saturated rings. The smallest absolute Gasteiger partial charge is 0.223 e. The normalized spacial score (nSPS) is 16.3. The maximum absolute atomic E-state index is 13.2. The van der Waals surface area contributed by atoms with Crippen molar-refractivity contribution in [2.24, 2.45) is 0 Å². The Labute approximate surface area is 186 Å². The molecule has 0 unspecified atom stereocenters. The lowest BCUT2D eigenvalue weighted by molar-refractivity contribution is -0.135. The molecule has 1 atom stereocenters. The number of halogens is 2. The molecule has 2 aromatic carbocycles. The minimum Gasteiger partial charge on any atom is -0.368 e. The molecule has 3 aromatic rings. The van der Waals surface area contributed by atoms with Gasteiger partial charge in [0.1, 0.15) is 5.82 Å². The monoisotopic (exact) mass is 438 g/mol. The Morgan fingerprint density at radius 1 is 1.13 bits per heavy atom. The number of aryl methyl sites for hydroxylation is 1. The van der Waals surface area contributed by atoms with Crippen LogP contribution in [0.3, 0.4) is 0 Å². The number of nitrogen functional groups attached to an aromatic ring is 1. The van der Waals surface area contributed by atoms with Crippen LogP contribution in [0, 0.1) is 5.82 Å². The van der Waals surface area contributed by atoms with Crippen molar-refractivity contribution in [1.29, 1.82) is 0 Å². The minimum atomic E-state index is -0.276. The first-order valence-electron chi connectivity index (χ1n) is 10.4. The molecule has 1 aliphatic rings. The number of rotatable bonds is 5. The lowest BCUT2D eigenvalue weighted by Crippen LogP contribution is -2.39. The van der Waals surface area contributed by atoms with Crippen molar-refractivity contribution in [2.45, 2.75) is 38.1 Å². The second-order valence-electron chi connectivity index (χ2n) is 7.76. The summed E-state index contributed by atoms with van der Waals surface area (Å²) in [5.41, 5.74) is 9.43. The van der Waals surface area contributed by atoms with Gasteiger partial charge < -0.3 is 10.6 Å². The van der Waals surface area contributed by atoms with Crippen LogP contribution < -0.4 is 5.73 Å². The van der Waals surface area contributed by atoms with Crippen molar-refractivity contribution in [3.8, 4) is 11.1 Å². The van der Waals surface area contributed by atoms with E-state index in [0.717, 1.165) is 41.6 Å². The van der Waals surface area contributed by atoms with E-state index in [1.807, 2.05) is 29.2 Å². The van der Waals surface area contributed by atoms with Crippen LogP contribution in [0.25, 0.3) is 11.1 Å². The highest BCUT2D eigenvalue weighted by Gasteiger charge is 2.31. The number of hydrogen-bond donors (Lipinski definition) is 1. The van der Waals surface area contributed by atoms with Crippen LogP contribution in [0.5, 0.6) is 0 Å². The van der Waals surface area contributed by atoms with Crippen LogP contribution in [0.2, 0.25) is 5.02 Å². The number of likely N-dealkylation sites (tertiary alicyclic amines) is 1.